The Hall–Kier alpha value is -2.19. The van der Waals surface area contributed by atoms with Crippen molar-refractivity contribution in [3.05, 3.63) is 29.0 Å². The van der Waals surface area contributed by atoms with E-state index in [9.17, 15) is 9.59 Å². The van der Waals surface area contributed by atoms with Gasteiger partial charge in [-0.3, -0.25) is 20.4 Å². The van der Waals surface area contributed by atoms with E-state index in [4.69, 9.17) is 9.15 Å². The highest BCUT2D eigenvalue weighted by Gasteiger charge is 2.24. The lowest BCUT2D eigenvalue weighted by atomic mass is 10.2. The van der Waals surface area contributed by atoms with E-state index >= 15 is 0 Å². The molecule has 0 saturated carbocycles. The first-order chi connectivity index (χ1) is 11.1. The number of aromatic nitrogens is 1. The van der Waals surface area contributed by atoms with Gasteiger partial charge in [-0.05, 0) is 31.2 Å². The molecule has 1 fully saturated rings. The highest BCUT2D eigenvalue weighted by molar-refractivity contribution is 7.13. The number of nitrogens with one attached hydrogen (secondary N) is 2. The van der Waals surface area contributed by atoms with Gasteiger partial charge in [0.05, 0.1) is 17.0 Å². The molecule has 8 heteroatoms. The molecule has 1 aliphatic heterocycles. The molecule has 3 heterocycles. The van der Waals surface area contributed by atoms with Crippen LogP contribution in [0, 0.1) is 6.92 Å². The van der Waals surface area contributed by atoms with Crippen molar-refractivity contribution < 1.29 is 18.7 Å². The van der Waals surface area contributed by atoms with Crippen molar-refractivity contribution in [1.82, 2.24) is 15.8 Å². The summed E-state index contributed by atoms with van der Waals surface area (Å²) in [6.07, 6.45) is 1.09. The standard InChI is InChI=1S/C15H17N3O4S/c1-9-10(16-15(22-9)12-5-3-7-23-12)8-13(19)17-18-14(20)11-4-2-6-21-11/h3,5,7,11H,2,4,6,8H2,1H3,(H,17,19)(H,18,20). The molecule has 2 aromatic rings. The highest BCUT2D eigenvalue weighted by atomic mass is 32.1. The van der Waals surface area contributed by atoms with E-state index in [0.717, 1.165) is 11.3 Å². The van der Waals surface area contributed by atoms with Crippen molar-refractivity contribution in [2.45, 2.75) is 32.3 Å². The summed E-state index contributed by atoms with van der Waals surface area (Å²) < 4.78 is 10.8. The molecule has 0 spiro atoms. The predicted octanol–water partition coefficient (Wildman–Crippen LogP) is 1.58. The van der Waals surface area contributed by atoms with Gasteiger partial charge in [0, 0.05) is 6.61 Å². The summed E-state index contributed by atoms with van der Waals surface area (Å²) in [7, 11) is 0. The fourth-order valence-corrected chi connectivity index (χ4v) is 2.94. The van der Waals surface area contributed by atoms with Crippen molar-refractivity contribution in [1.29, 1.82) is 0 Å². The van der Waals surface area contributed by atoms with E-state index in [1.54, 1.807) is 6.92 Å². The third-order valence-corrected chi connectivity index (χ3v) is 4.36. The maximum absolute atomic E-state index is 11.9. The quantitative estimate of drug-likeness (QED) is 0.828. The lowest BCUT2D eigenvalue weighted by molar-refractivity contribution is -0.134. The first kappa shape index (κ1) is 15.7. The lowest BCUT2D eigenvalue weighted by Gasteiger charge is -2.10. The van der Waals surface area contributed by atoms with Gasteiger partial charge in [-0.25, -0.2) is 4.98 Å². The zero-order valence-corrected chi connectivity index (χ0v) is 13.4. The SMILES string of the molecule is Cc1oc(-c2cccs2)nc1CC(=O)NNC(=O)C1CCCO1. The van der Waals surface area contributed by atoms with Crippen molar-refractivity contribution in [3.63, 3.8) is 0 Å². The Morgan fingerprint density at radius 3 is 3.00 bits per heavy atom. The zero-order chi connectivity index (χ0) is 16.2. The van der Waals surface area contributed by atoms with Gasteiger partial charge in [0.1, 0.15) is 11.9 Å². The molecule has 1 aliphatic rings. The van der Waals surface area contributed by atoms with E-state index in [2.05, 4.69) is 15.8 Å². The second kappa shape index (κ2) is 6.93. The van der Waals surface area contributed by atoms with Crippen LogP contribution in [-0.2, 0) is 20.7 Å². The predicted molar refractivity (Wildman–Crippen MR) is 83.5 cm³/mol. The fourth-order valence-electron chi connectivity index (χ4n) is 2.29. The lowest BCUT2D eigenvalue weighted by Crippen LogP contribution is -2.46. The number of hydrogen-bond acceptors (Lipinski definition) is 6. The first-order valence-corrected chi connectivity index (χ1v) is 8.22. The van der Waals surface area contributed by atoms with Crippen molar-refractivity contribution in [3.8, 4) is 10.8 Å². The maximum atomic E-state index is 11.9. The Balaban J connectivity index is 1.54. The van der Waals surface area contributed by atoms with Crippen LogP contribution in [0.3, 0.4) is 0 Å². The van der Waals surface area contributed by atoms with Crippen molar-refractivity contribution in [2.75, 3.05) is 6.61 Å². The number of thiophene rings is 1. The van der Waals surface area contributed by atoms with Gasteiger partial charge in [0.15, 0.2) is 0 Å². The minimum absolute atomic E-state index is 0.0342. The fraction of sp³-hybridized carbons (Fsp3) is 0.400. The number of hydrogen-bond donors (Lipinski definition) is 2. The highest BCUT2D eigenvalue weighted by Crippen LogP contribution is 2.25. The van der Waals surface area contributed by atoms with E-state index in [-0.39, 0.29) is 18.2 Å². The smallest absolute Gasteiger partial charge is 0.267 e. The number of aryl methyl sites for hydroxylation is 1. The number of amides is 2. The summed E-state index contributed by atoms with van der Waals surface area (Å²) in [5, 5.41) is 1.93. The minimum Gasteiger partial charge on any atom is -0.440 e. The number of hydrazine groups is 1. The van der Waals surface area contributed by atoms with Crippen LogP contribution in [0.25, 0.3) is 10.8 Å². The molecule has 0 aliphatic carbocycles. The number of carbonyl (C=O) groups excluding carboxylic acids is 2. The first-order valence-electron chi connectivity index (χ1n) is 7.34. The molecular weight excluding hydrogens is 318 g/mol. The minimum atomic E-state index is -0.477. The van der Waals surface area contributed by atoms with Crippen LogP contribution >= 0.6 is 11.3 Å². The number of nitrogens with zero attached hydrogens (tertiary/aromatic N) is 1. The summed E-state index contributed by atoms with van der Waals surface area (Å²) in [5.41, 5.74) is 5.31. The van der Waals surface area contributed by atoms with Crippen LogP contribution < -0.4 is 10.9 Å². The molecule has 2 N–H and O–H groups in total. The van der Waals surface area contributed by atoms with E-state index in [1.807, 2.05) is 17.5 Å². The summed E-state index contributed by atoms with van der Waals surface area (Å²) in [6.45, 7) is 2.34. The van der Waals surface area contributed by atoms with Crippen LogP contribution in [0.1, 0.15) is 24.3 Å². The van der Waals surface area contributed by atoms with Gasteiger partial charge in [-0.2, -0.15) is 0 Å². The average molecular weight is 335 g/mol. The van der Waals surface area contributed by atoms with Crippen molar-refractivity contribution in [2.24, 2.45) is 0 Å². The van der Waals surface area contributed by atoms with Gasteiger partial charge in [-0.15, -0.1) is 11.3 Å². The van der Waals surface area contributed by atoms with Gasteiger partial charge in [0.25, 0.3) is 5.91 Å². The monoisotopic (exact) mass is 335 g/mol. The van der Waals surface area contributed by atoms with Gasteiger partial charge >= 0.3 is 0 Å². The van der Waals surface area contributed by atoms with Gasteiger partial charge in [0.2, 0.25) is 11.8 Å². The van der Waals surface area contributed by atoms with Crippen LogP contribution in [0.15, 0.2) is 21.9 Å². The Morgan fingerprint density at radius 1 is 1.43 bits per heavy atom. The molecule has 2 amide bonds. The third kappa shape index (κ3) is 3.77. The molecule has 1 unspecified atom stereocenters. The topological polar surface area (TPSA) is 93.5 Å². The van der Waals surface area contributed by atoms with Crippen molar-refractivity contribution >= 4 is 23.2 Å². The van der Waals surface area contributed by atoms with Gasteiger partial charge in [-0.1, -0.05) is 6.07 Å². The molecule has 7 nitrogen and oxygen atoms in total. The molecule has 0 radical (unpaired) electrons. The summed E-state index contributed by atoms with van der Waals surface area (Å²) >= 11 is 1.52. The molecular formula is C15H17N3O4S. The largest absolute Gasteiger partial charge is 0.440 e. The molecule has 122 valence electrons. The number of carbonyl (C=O) groups is 2. The van der Waals surface area contributed by atoms with Gasteiger partial charge < -0.3 is 9.15 Å². The molecule has 2 aromatic heterocycles. The molecule has 1 saturated heterocycles. The normalized spacial score (nSPS) is 17.2. The summed E-state index contributed by atoms with van der Waals surface area (Å²) in [4.78, 5) is 28.9. The van der Waals surface area contributed by atoms with Crippen LogP contribution in [0.4, 0.5) is 0 Å². The number of oxazole rings is 1. The maximum Gasteiger partial charge on any atom is 0.267 e. The Labute approximate surface area is 137 Å². The second-order valence-electron chi connectivity index (χ2n) is 5.22. The second-order valence-corrected chi connectivity index (χ2v) is 6.16. The molecule has 1 atom stereocenters. The third-order valence-electron chi connectivity index (χ3n) is 3.50. The molecule has 23 heavy (non-hydrogen) atoms. The average Bonchev–Trinajstić information content (AvgIpc) is 3.27. The number of rotatable bonds is 4. The summed E-state index contributed by atoms with van der Waals surface area (Å²) in [5.74, 6) is 0.412. The Morgan fingerprint density at radius 2 is 2.30 bits per heavy atom. The van der Waals surface area contributed by atoms with E-state index in [1.165, 1.54) is 11.3 Å². The zero-order valence-electron chi connectivity index (χ0n) is 12.6. The van der Waals surface area contributed by atoms with E-state index < -0.39 is 6.10 Å². The van der Waals surface area contributed by atoms with E-state index in [0.29, 0.717) is 30.4 Å². The molecule has 0 bridgehead atoms. The summed E-state index contributed by atoms with van der Waals surface area (Å²) in [6, 6.07) is 3.81. The van der Waals surface area contributed by atoms with Crippen LogP contribution in [0.2, 0.25) is 0 Å². The van der Waals surface area contributed by atoms with Crippen LogP contribution in [-0.4, -0.2) is 29.5 Å². The Kier molecular flexibility index (Phi) is 4.73. The van der Waals surface area contributed by atoms with Crippen LogP contribution in [0.5, 0.6) is 0 Å². The molecule has 0 aromatic carbocycles. The number of ether oxygens (including phenoxy) is 1. The molecule has 3 rings (SSSR count). The Bertz CT molecular complexity index is 690.